The summed E-state index contributed by atoms with van der Waals surface area (Å²) in [6, 6.07) is 5.58. The number of benzene rings is 1. The van der Waals surface area contributed by atoms with Crippen LogP contribution in [0.15, 0.2) is 34.5 Å². The lowest BCUT2D eigenvalue weighted by molar-refractivity contribution is 0.333. The standard InChI is InChI=1S/C6H4ClNO4S/c7-5-3-1-2-4-6(5)13(10,11)12-8-9/h1-4H. The molecule has 0 atom stereocenters. The van der Waals surface area contributed by atoms with Crippen LogP contribution in [0.5, 0.6) is 0 Å². The van der Waals surface area contributed by atoms with Gasteiger partial charge in [-0.2, -0.15) is 8.42 Å². The highest BCUT2D eigenvalue weighted by atomic mass is 35.5. The third-order valence-corrected chi connectivity index (χ3v) is 2.83. The molecule has 13 heavy (non-hydrogen) atoms. The molecular weight excluding hydrogens is 218 g/mol. The Balaban J connectivity index is 3.22. The average molecular weight is 222 g/mol. The Hall–Kier alpha value is -1.14. The summed E-state index contributed by atoms with van der Waals surface area (Å²) in [7, 11) is -4.15. The van der Waals surface area contributed by atoms with Crippen LogP contribution < -0.4 is 0 Å². The molecule has 1 aromatic carbocycles. The maximum atomic E-state index is 11.1. The van der Waals surface area contributed by atoms with Crippen LogP contribution in [0.25, 0.3) is 0 Å². The van der Waals surface area contributed by atoms with Gasteiger partial charge in [-0.25, -0.2) is 4.28 Å². The van der Waals surface area contributed by atoms with Gasteiger partial charge in [-0.05, 0) is 12.1 Å². The van der Waals surface area contributed by atoms with Crippen molar-refractivity contribution in [1.29, 1.82) is 0 Å². The molecule has 0 heterocycles. The van der Waals surface area contributed by atoms with Gasteiger partial charge in [0.25, 0.3) is 0 Å². The van der Waals surface area contributed by atoms with E-state index in [2.05, 4.69) is 4.28 Å². The van der Waals surface area contributed by atoms with Crippen molar-refractivity contribution in [2.24, 2.45) is 5.34 Å². The van der Waals surface area contributed by atoms with Gasteiger partial charge in [0.05, 0.1) is 5.02 Å². The van der Waals surface area contributed by atoms with Gasteiger partial charge >= 0.3 is 10.1 Å². The molecule has 0 bridgehead atoms. The maximum Gasteiger partial charge on any atom is 0.362 e. The zero-order valence-electron chi connectivity index (χ0n) is 6.18. The molecule has 0 unspecified atom stereocenters. The largest absolute Gasteiger partial charge is 0.362 e. The van der Waals surface area contributed by atoms with Crippen molar-refractivity contribution in [3.8, 4) is 0 Å². The van der Waals surface area contributed by atoms with E-state index in [0.717, 1.165) is 0 Å². The van der Waals surface area contributed by atoms with Crippen LogP contribution >= 0.6 is 11.6 Å². The summed E-state index contributed by atoms with van der Waals surface area (Å²) in [4.78, 5) is 9.33. The lowest BCUT2D eigenvalue weighted by Crippen LogP contribution is -2.02. The number of halogens is 1. The quantitative estimate of drug-likeness (QED) is 0.576. The van der Waals surface area contributed by atoms with Gasteiger partial charge in [-0.15, -0.1) is 4.91 Å². The van der Waals surface area contributed by atoms with Gasteiger partial charge in [-0.3, -0.25) is 0 Å². The van der Waals surface area contributed by atoms with Gasteiger partial charge in [0.1, 0.15) is 4.90 Å². The summed E-state index contributed by atoms with van der Waals surface area (Å²) in [6.45, 7) is 0. The molecule has 0 radical (unpaired) electrons. The molecule has 0 aromatic heterocycles. The van der Waals surface area contributed by atoms with E-state index < -0.39 is 10.1 Å². The first-order chi connectivity index (χ1) is 6.08. The Morgan fingerprint density at radius 1 is 1.31 bits per heavy atom. The normalized spacial score (nSPS) is 10.8. The first-order valence-corrected chi connectivity index (χ1v) is 4.87. The fourth-order valence-corrected chi connectivity index (χ4v) is 1.86. The SMILES string of the molecule is O=NOS(=O)(=O)c1ccccc1Cl. The van der Waals surface area contributed by atoms with Crippen molar-refractivity contribution in [1.82, 2.24) is 0 Å². The Morgan fingerprint density at radius 3 is 2.46 bits per heavy atom. The van der Waals surface area contributed by atoms with Gasteiger partial charge in [0.2, 0.25) is 0 Å². The second-order valence-corrected chi connectivity index (χ2v) is 3.94. The molecule has 0 fully saturated rings. The summed E-state index contributed by atoms with van der Waals surface area (Å²) >= 11 is 5.54. The summed E-state index contributed by atoms with van der Waals surface area (Å²) in [5.41, 5.74) is 0. The van der Waals surface area contributed by atoms with E-state index in [4.69, 9.17) is 11.6 Å². The number of hydrogen-bond acceptors (Lipinski definition) is 5. The fraction of sp³-hybridized carbons (Fsp3) is 0. The average Bonchev–Trinajstić information content (AvgIpc) is 2.04. The zero-order valence-corrected chi connectivity index (χ0v) is 7.75. The topological polar surface area (TPSA) is 72.8 Å². The molecular formula is C6H4ClNO4S. The highest BCUT2D eigenvalue weighted by Crippen LogP contribution is 2.22. The third-order valence-electron chi connectivity index (χ3n) is 1.23. The van der Waals surface area contributed by atoms with Gasteiger partial charge in [-0.1, -0.05) is 23.7 Å². The van der Waals surface area contributed by atoms with Crippen LogP contribution in [0.2, 0.25) is 5.02 Å². The summed E-state index contributed by atoms with van der Waals surface area (Å²) < 4.78 is 25.8. The summed E-state index contributed by atoms with van der Waals surface area (Å²) in [6.07, 6.45) is 0. The predicted octanol–water partition coefficient (Wildman–Crippen LogP) is 1.73. The molecule has 0 aliphatic heterocycles. The summed E-state index contributed by atoms with van der Waals surface area (Å²) in [5, 5.41) is 1.81. The molecule has 0 saturated heterocycles. The maximum absolute atomic E-state index is 11.1. The first kappa shape index (κ1) is 9.94. The highest BCUT2D eigenvalue weighted by molar-refractivity contribution is 7.86. The second-order valence-electron chi connectivity index (χ2n) is 2.03. The monoisotopic (exact) mass is 221 g/mol. The van der Waals surface area contributed by atoms with E-state index in [1.165, 1.54) is 18.2 Å². The molecule has 70 valence electrons. The molecule has 1 rings (SSSR count). The van der Waals surface area contributed by atoms with E-state index in [9.17, 15) is 13.3 Å². The van der Waals surface area contributed by atoms with Gasteiger partial charge in [0.15, 0.2) is 5.34 Å². The molecule has 0 N–H and O–H groups in total. The zero-order chi connectivity index (χ0) is 9.90. The first-order valence-electron chi connectivity index (χ1n) is 3.09. The molecule has 0 amide bonds. The van der Waals surface area contributed by atoms with Crippen molar-refractivity contribution in [3.05, 3.63) is 34.2 Å². The van der Waals surface area contributed by atoms with E-state index >= 15 is 0 Å². The van der Waals surface area contributed by atoms with Crippen molar-refractivity contribution in [2.45, 2.75) is 4.90 Å². The number of nitrogens with zero attached hydrogens (tertiary/aromatic N) is 1. The molecule has 0 aliphatic rings. The second kappa shape index (κ2) is 3.71. The van der Waals surface area contributed by atoms with Crippen molar-refractivity contribution in [3.63, 3.8) is 0 Å². The Labute approximate surface area is 79.3 Å². The lowest BCUT2D eigenvalue weighted by Gasteiger charge is -1.99. The minimum atomic E-state index is -4.15. The van der Waals surface area contributed by atoms with Gasteiger partial charge < -0.3 is 0 Å². The molecule has 0 spiro atoms. The number of rotatable bonds is 3. The lowest BCUT2D eigenvalue weighted by atomic mass is 10.4. The minimum absolute atomic E-state index is 0.0221. The van der Waals surface area contributed by atoms with E-state index in [1.54, 1.807) is 6.07 Å². The van der Waals surface area contributed by atoms with Crippen LogP contribution in [0.3, 0.4) is 0 Å². The fourth-order valence-electron chi connectivity index (χ4n) is 0.728. The van der Waals surface area contributed by atoms with Crippen molar-refractivity contribution < 1.29 is 12.7 Å². The van der Waals surface area contributed by atoms with E-state index in [-0.39, 0.29) is 9.92 Å². The van der Waals surface area contributed by atoms with Crippen molar-refractivity contribution in [2.75, 3.05) is 0 Å². The Bertz CT molecular complexity index is 416. The predicted molar refractivity (Wildman–Crippen MR) is 45.5 cm³/mol. The third kappa shape index (κ3) is 2.16. The molecule has 1 aromatic rings. The molecule has 5 nitrogen and oxygen atoms in total. The van der Waals surface area contributed by atoms with Crippen LogP contribution in [-0.2, 0) is 14.4 Å². The summed E-state index contributed by atoms with van der Waals surface area (Å²) in [5.74, 6) is 0. The minimum Gasteiger partial charge on any atom is -0.228 e. The van der Waals surface area contributed by atoms with Crippen LogP contribution in [0.1, 0.15) is 0 Å². The van der Waals surface area contributed by atoms with Crippen molar-refractivity contribution >= 4 is 21.7 Å². The number of hydrogen-bond donors (Lipinski definition) is 0. The van der Waals surface area contributed by atoms with Crippen LogP contribution in [0, 0.1) is 4.91 Å². The van der Waals surface area contributed by atoms with E-state index in [0.29, 0.717) is 0 Å². The molecule has 7 heteroatoms. The highest BCUT2D eigenvalue weighted by Gasteiger charge is 2.19. The molecule has 0 saturated carbocycles. The molecule has 0 aliphatic carbocycles. The smallest absolute Gasteiger partial charge is 0.228 e. The van der Waals surface area contributed by atoms with Crippen LogP contribution in [0.4, 0.5) is 0 Å². The van der Waals surface area contributed by atoms with Gasteiger partial charge in [0, 0.05) is 0 Å². The Morgan fingerprint density at radius 2 is 1.92 bits per heavy atom. The van der Waals surface area contributed by atoms with E-state index in [1.807, 2.05) is 5.34 Å². The Kier molecular flexibility index (Phi) is 2.84. The van der Waals surface area contributed by atoms with Crippen LogP contribution in [-0.4, -0.2) is 8.42 Å².